The number of carboxylic acid groups (broad SMARTS) is 1. The van der Waals surface area contributed by atoms with Crippen LogP contribution in [0.5, 0.6) is 0 Å². The Morgan fingerprint density at radius 2 is 2.26 bits per heavy atom. The largest absolute Gasteiger partial charge is 0.481 e. The fourth-order valence-electron chi connectivity index (χ4n) is 2.74. The summed E-state index contributed by atoms with van der Waals surface area (Å²) in [7, 11) is 0. The molecule has 1 unspecified atom stereocenters. The normalized spacial score (nSPS) is 19.7. The van der Waals surface area contributed by atoms with E-state index in [1.54, 1.807) is 0 Å². The van der Waals surface area contributed by atoms with Crippen LogP contribution in [0.3, 0.4) is 0 Å². The van der Waals surface area contributed by atoms with Crippen molar-refractivity contribution in [2.24, 2.45) is 11.8 Å². The standard InChI is InChI=1S/C15H20ClNO2/c1-9(2)7-12(15(18)19)14-5-3-10-8-11(16)4-6-13(10)17-14/h4,6,8-9,12,14,17H,3,5,7H2,1-2H3,(H,18,19)/t12?,14-/m1/s1. The third kappa shape index (κ3) is 3.41. The minimum atomic E-state index is -0.705. The first-order valence-electron chi connectivity index (χ1n) is 6.75. The summed E-state index contributed by atoms with van der Waals surface area (Å²) in [6.45, 7) is 4.12. The Kier molecular flexibility index (Phi) is 4.35. The molecular formula is C15H20ClNO2. The number of aryl methyl sites for hydroxylation is 1. The monoisotopic (exact) mass is 281 g/mol. The van der Waals surface area contributed by atoms with Gasteiger partial charge in [0.1, 0.15) is 0 Å². The van der Waals surface area contributed by atoms with Crippen molar-refractivity contribution in [3.8, 4) is 0 Å². The molecule has 19 heavy (non-hydrogen) atoms. The highest BCUT2D eigenvalue weighted by molar-refractivity contribution is 6.30. The lowest BCUT2D eigenvalue weighted by molar-refractivity contribution is -0.142. The maximum absolute atomic E-state index is 11.4. The van der Waals surface area contributed by atoms with Crippen molar-refractivity contribution in [2.45, 2.75) is 39.2 Å². The van der Waals surface area contributed by atoms with Crippen LogP contribution in [-0.4, -0.2) is 17.1 Å². The molecule has 0 radical (unpaired) electrons. The van der Waals surface area contributed by atoms with Gasteiger partial charge in [0.25, 0.3) is 0 Å². The highest BCUT2D eigenvalue weighted by Gasteiger charge is 2.31. The van der Waals surface area contributed by atoms with Crippen LogP contribution in [0.1, 0.15) is 32.3 Å². The Balaban J connectivity index is 2.15. The third-order valence-corrected chi connectivity index (χ3v) is 3.90. The van der Waals surface area contributed by atoms with E-state index in [9.17, 15) is 9.90 Å². The SMILES string of the molecule is CC(C)CC(C(=O)O)[C@H]1CCc2cc(Cl)ccc2N1. The molecule has 1 heterocycles. The van der Waals surface area contributed by atoms with Crippen molar-refractivity contribution in [3.63, 3.8) is 0 Å². The molecule has 0 fully saturated rings. The lowest BCUT2D eigenvalue weighted by Gasteiger charge is -2.32. The maximum Gasteiger partial charge on any atom is 0.308 e. The predicted molar refractivity (Wildman–Crippen MR) is 77.8 cm³/mol. The van der Waals surface area contributed by atoms with Crippen LogP contribution in [-0.2, 0) is 11.2 Å². The molecule has 1 aliphatic rings. The fourth-order valence-corrected chi connectivity index (χ4v) is 2.93. The van der Waals surface area contributed by atoms with E-state index in [2.05, 4.69) is 19.2 Å². The Labute approximate surface area is 119 Å². The molecule has 0 saturated heterocycles. The maximum atomic E-state index is 11.4. The summed E-state index contributed by atoms with van der Waals surface area (Å²) in [5.41, 5.74) is 2.20. The number of halogens is 1. The molecule has 1 aromatic rings. The van der Waals surface area contributed by atoms with Crippen molar-refractivity contribution in [1.29, 1.82) is 0 Å². The van der Waals surface area contributed by atoms with Crippen LogP contribution in [0.2, 0.25) is 5.02 Å². The molecule has 4 heteroatoms. The molecule has 0 amide bonds. The van der Waals surface area contributed by atoms with Gasteiger partial charge in [0, 0.05) is 16.8 Å². The second kappa shape index (κ2) is 5.83. The molecule has 3 nitrogen and oxygen atoms in total. The Morgan fingerprint density at radius 3 is 2.89 bits per heavy atom. The van der Waals surface area contributed by atoms with Crippen LogP contribution in [0, 0.1) is 11.8 Å². The van der Waals surface area contributed by atoms with Gasteiger partial charge in [-0.3, -0.25) is 4.79 Å². The number of fused-ring (bicyclic) bond motifs is 1. The first kappa shape index (κ1) is 14.2. The second-order valence-electron chi connectivity index (χ2n) is 5.67. The van der Waals surface area contributed by atoms with Gasteiger partial charge in [0.15, 0.2) is 0 Å². The van der Waals surface area contributed by atoms with Gasteiger partial charge in [0.2, 0.25) is 0 Å². The Morgan fingerprint density at radius 1 is 1.53 bits per heavy atom. The first-order valence-corrected chi connectivity index (χ1v) is 7.13. The summed E-state index contributed by atoms with van der Waals surface area (Å²) in [6.07, 6.45) is 2.43. The van der Waals surface area contributed by atoms with E-state index in [0.717, 1.165) is 23.6 Å². The van der Waals surface area contributed by atoms with E-state index in [-0.39, 0.29) is 12.0 Å². The van der Waals surface area contributed by atoms with Gasteiger partial charge in [-0.05, 0) is 48.9 Å². The van der Waals surface area contributed by atoms with Gasteiger partial charge in [-0.2, -0.15) is 0 Å². The average molecular weight is 282 g/mol. The average Bonchev–Trinajstić information content (AvgIpc) is 2.35. The number of carbonyl (C=O) groups is 1. The van der Waals surface area contributed by atoms with Crippen LogP contribution in [0.15, 0.2) is 18.2 Å². The van der Waals surface area contributed by atoms with Crippen molar-refractivity contribution in [3.05, 3.63) is 28.8 Å². The zero-order valence-corrected chi connectivity index (χ0v) is 12.1. The Bertz CT molecular complexity index is 473. The number of carboxylic acids is 1. The third-order valence-electron chi connectivity index (χ3n) is 3.66. The smallest absolute Gasteiger partial charge is 0.308 e. The summed E-state index contributed by atoms with van der Waals surface area (Å²) >= 11 is 5.97. The second-order valence-corrected chi connectivity index (χ2v) is 6.10. The number of benzene rings is 1. The van der Waals surface area contributed by atoms with Gasteiger partial charge < -0.3 is 10.4 Å². The number of hydrogen-bond donors (Lipinski definition) is 2. The van der Waals surface area contributed by atoms with E-state index < -0.39 is 5.97 Å². The lowest BCUT2D eigenvalue weighted by Crippen LogP contribution is -2.38. The number of aliphatic carboxylic acids is 1. The quantitative estimate of drug-likeness (QED) is 0.882. The minimum Gasteiger partial charge on any atom is -0.481 e. The van der Waals surface area contributed by atoms with E-state index >= 15 is 0 Å². The van der Waals surface area contributed by atoms with Crippen molar-refractivity contribution >= 4 is 23.3 Å². The number of nitrogens with one attached hydrogen (secondary N) is 1. The first-order chi connectivity index (χ1) is 8.97. The molecule has 0 aliphatic carbocycles. The van der Waals surface area contributed by atoms with Crippen LogP contribution in [0.25, 0.3) is 0 Å². The summed E-state index contributed by atoms with van der Waals surface area (Å²) < 4.78 is 0. The van der Waals surface area contributed by atoms with Crippen molar-refractivity contribution in [2.75, 3.05) is 5.32 Å². The van der Waals surface area contributed by atoms with Gasteiger partial charge in [0.05, 0.1) is 5.92 Å². The van der Waals surface area contributed by atoms with E-state index in [4.69, 9.17) is 11.6 Å². The molecule has 2 N–H and O–H groups in total. The molecule has 104 valence electrons. The van der Waals surface area contributed by atoms with Crippen molar-refractivity contribution in [1.82, 2.24) is 0 Å². The lowest BCUT2D eigenvalue weighted by atomic mass is 9.84. The van der Waals surface area contributed by atoms with E-state index in [1.165, 1.54) is 5.56 Å². The summed E-state index contributed by atoms with van der Waals surface area (Å²) in [6, 6.07) is 5.75. The fraction of sp³-hybridized carbons (Fsp3) is 0.533. The summed E-state index contributed by atoms with van der Waals surface area (Å²) in [5, 5.41) is 13.5. The predicted octanol–water partition coefficient (Wildman–Crippen LogP) is 3.81. The summed E-state index contributed by atoms with van der Waals surface area (Å²) in [5.74, 6) is -0.651. The molecular weight excluding hydrogens is 262 g/mol. The summed E-state index contributed by atoms with van der Waals surface area (Å²) in [4.78, 5) is 11.4. The number of hydrogen-bond acceptors (Lipinski definition) is 2. The molecule has 0 saturated carbocycles. The molecule has 2 rings (SSSR count). The molecule has 0 aromatic heterocycles. The molecule has 1 aromatic carbocycles. The Hall–Kier alpha value is -1.22. The van der Waals surface area contributed by atoms with Gasteiger partial charge in [-0.15, -0.1) is 0 Å². The van der Waals surface area contributed by atoms with Gasteiger partial charge >= 0.3 is 5.97 Å². The van der Waals surface area contributed by atoms with E-state index in [0.29, 0.717) is 12.3 Å². The molecule has 0 spiro atoms. The molecule has 2 atom stereocenters. The molecule has 0 bridgehead atoms. The highest BCUT2D eigenvalue weighted by atomic mass is 35.5. The molecule has 1 aliphatic heterocycles. The van der Waals surface area contributed by atoms with Gasteiger partial charge in [-0.1, -0.05) is 25.4 Å². The minimum absolute atomic E-state index is 0.00794. The highest BCUT2D eigenvalue weighted by Crippen LogP contribution is 2.31. The number of anilines is 1. The van der Waals surface area contributed by atoms with Crippen LogP contribution in [0.4, 0.5) is 5.69 Å². The van der Waals surface area contributed by atoms with Crippen molar-refractivity contribution < 1.29 is 9.90 Å². The zero-order valence-electron chi connectivity index (χ0n) is 11.3. The topological polar surface area (TPSA) is 49.3 Å². The van der Waals surface area contributed by atoms with Crippen LogP contribution < -0.4 is 5.32 Å². The van der Waals surface area contributed by atoms with Crippen LogP contribution >= 0.6 is 11.6 Å². The number of rotatable bonds is 4. The zero-order chi connectivity index (χ0) is 14.0. The van der Waals surface area contributed by atoms with E-state index in [1.807, 2.05) is 18.2 Å². The van der Waals surface area contributed by atoms with Gasteiger partial charge in [-0.25, -0.2) is 0 Å².